The van der Waals surface area contributed by atoms with E-state index in [-0.39, 0.29) is 5.92 Å². The average molecular weight is 237 g/mol. The first-order valence-electron chi connectivity index (χ1n) is 6.97. The van der Waals surface area contributed by atoms with Gasteiger partial charge in [-0.05, 0) is 49.4 Å². The molecule has 98 valence electrons. The summed E-state index contributed by atoms with van der Waals surface area (Å²) in [6.07, 6.45) is 4.92. The second-order valence-corrected chi connectivity index (χ2v) is 6.61. The standard InChI is InChI=1S/C15H27NO/c1-5-11(10-16)14(17)12-6-8-13(9-7-12)15(2,3)4/h11-14,17H,5-9H2,1-4H3. The molecule has 2 atom stereocenters. The van der Waals surface area contributed by atoms with Crippen LogP contribution in [0.5, 0.6) is 0 Å². The zero-order chi connectivity index (χ0) is 13.1. The summed E-state index contributed by atoms with van der Waals surface area (Å²) in [6.45, 7) is 8.90. The summed E-state index contributed by atoms with van der Waals surface area (Å²) in [7, 11) is 0. The SMILES string of the molecule is CCC(C#N)C(O)C1CCC(C(C)(C)C)CC1. The van der Waals surface area contributed by atoms with Crippen molar-refractivity contribution in [3.05, 3.63) is 0 Å². The fourth-order valence-corrected chi connectivity index (χ4v) is 3.06. The van der Waals surface area contributed by atoms with E-state index in [2.05, 4.69) is 26.8 Å². The highest BCUT2D eigenvalue weighted by Gasteiger charge is 2.34. The largest absolute Gasteiger partial charge is 0.391 e. The van der Waals surface area contributed by atoms with Crippen LogP contribution in [0.2, 0.25) is 0 Å². The molecular formula is C15H27NO. The molecule has 0 bridgehead atoms. The van der Waals surface area contributed by atoms with Gasteiger partial charge in [-0.3, -0.25) is 0 Å². The van der Waals surface area contributed by atoms with Crippen molar-refractivity contribution in [2.75, 3.05) is 0 Å². The van der Waals surface area contributed by atoms with Crippen LogP contribution in [0.15, 0.2) is 0 Å². The van der Waals surface area contributed by atoms with Gasteiger partial charge in [0.15, 0.2) is 0 Å². The van der Waals surface area contributed by atoms with E-state index in [4.69, 9.17) is 5.26 Å². The minimum absolute atomic E-state index is 0.175. The molecule has 0 aromatic carbocycles. The molecule has 1 aliphatic rings. The van der Waals surface area contributed by atoms with Crippen molar-refractivity contribution in [1.29, 1.82) is 5.26 Å². The van der Waals surface area contributed by atoms with E-state index >= 15 is 0 Å². The molecule has 0 radical (unpaired) electrons. The molecule has 0 aliphatic heterocycles. The lowest BCUT2D eigenvalue weighted by atomic mass is 9.68. The molecule has 0 saturated heterocycles. The van der Waals surface area contributed by atoms with Gasteiger partial charge in [0, 0.05) is 0 Å². The summed E-state index contributed by atoms with van der Waals surface area (Å²) in [6, 6.07) is 2.24. The highest BCUT2D eigenvalue weighted by Crippen LogP contribution is 2.41. The van der Waals surface area contributed by atoms with Crippen molar-refractivity contribution < 1.29 is 5.11 Å². The van der Waals surface area contributed by atoms with Crippen molar-refractivity contribution >= 4 is 0 Å². The number of hydrogen-bond acceptors (Lipinski definition) is 2. The van der Waals surface area contributed by atoms with Crippen molar-refractivity contribution in [1.82, 2.24) is 0 Å². The smallest absolute Gasteiger partial charge is 0.0726 e. The fourth-order valence-electron chi connectivity index (χ4n) is 3.06. The van der Waals surface area contributed by atoms with E-state index in [1.807, 2.05) is 6.92 Å². The maximum absolute atomic E-state index is 10.2. The normalized spacial score (nSPS) is 29.4. The van der Waals surface area contributed by atoms with Crippen LogP contribution >= 0.6 is 0 Å². The van der Waals surface area contributed by atoms with E-state index in [1.54, 1.807) is 0 Å². The molecule has 0 aromatic rings. The van der Waals surface area contributed by atoms with Gasteiger partial charge in [0.05, 0.1) is 18.1 Å². The molecule has 2 unspecified atom stereocenters. The van der Waals surface area contributed by atoms with Crippen LogP contribution in [0, 0.1) is 34.5 Å². The first-order chi connectivity index (χ1) is 7.90. The monoisotopic (exact) mass is 237 g/mol. The predicted octanol–water partition coefficient (Wildman–Crippen LogP) is 3.75. The van der Waals surface area contributed by atoms with E-state index in [0.717, 1.165) is 25.2 Å². The van der Waals surface area contributed by atoms with Gasteiger partial charge in [-0.2, -0.15) is 5.26 Å². The molecule has 2 nitrogen and oxygen atoms in total. The Balaban J connectivity index is 2.50. The van der Waals surface area contributed by atoms with Crippen LogP contribution in [-0.2, 0) is 0 Å². The van der Waals surface area contributed by atoms with Crippen molar-refractivity contribution in [3.8, 4) is 6.07 Å². The van der Waals surface area contributed by atoms with Crippen LogP contribution in [-0.4, -0.2) is 11.2 Å². The third-order valence-corrected chi connectivity index (χ3v) is 4.50. The van der Waals surface area contributed by atoms with Crippen molar-refractivity contribution in [3.63, 3.8) is 0 Å². The van der Waals surface area contributed by atoms with Gasteiger partial charge in [-0.15, -0.1) is 0 Å². The minimum Gasteiger partial charge on any atom is -0.391 e. The quantitative estimate of drug-likeness (QED) is 0.812. The highest BCUT2D eigenvalue weighted by molar-refractivity contribution is 4.92. The van der Waals surface area contributed by atoms with E-state index < -0.39 is 6.10 Å². The molecule has 2 heteroatoms. The number of nitrogens with zero attached hydrogens (tertiary/aromatic N) is 1. The molecule has 17 heavy (non-hydrogen) atoms. The number of rotatable bonds is 3. The Morgan fingerprint density at radius 2 is 1.76 bits per heavy atom. The maximum atomic E-state index is 10.2. The second kappa shape index (κ2) is 5.87. The van der Waals surface area contributed by atoms with Crippen LogP contribution in [0.4, 0.5) is 0 Å². The third-order valence-electron chi connectivity index (χ3n) is 4.50. The Morgan fingerprint density at radius 1 is 1.24 bits per heavy atom. The van der Waals surface area contributed by atoms with Gasteiger partial charge < -0.3 is 5.11 Å². The minimum atomic E-state index is -0.411. The molecular weight excluding hydrogens is 210 g/mol. The summed E-state index contributed by atoms with van der Waals surface area (Å²) in [5.41, 5.74) is 0.384. The Labute approximate surface area is 106 Å². The molecule has 1 N–H and O–H groups in total. The van der Waals surface area contributed by atoms with Crippen LogP contribution in [0.1, 0.15) is 59.8 Å². The Bertz CT molecular complexity index is 266. The first kappa shape index (κ1) is 14.5. The molecule has 0 aromatic heterocycles. The van der Waals surface area contributed by atoms with Crippen LogP contribution in [0.25, 0.3) is 0 Å². The number of nitriles is 1. The Kier molecular flexibility index (Phi) is 5.01. The first-order valence-corrected chi connectivity index (χ1v) is 6.97. The molecule has 0 amide bonds. The van der Waals surface area contributed by atoms with Gasteiger partial charge in [0.2, 0.25) is 0 Å². The zero-order valence-corrected chi connectivity index (χ0v) is 11.7. The summed E-state index contributed by atoms with van der Waals surface area (Å²) in [4.78, 5) is 0. The fraction of sp³-hybridized carbons (Fsp3) is 0.933. The second-order valence-electron chi connectivity index (χ2n) is 6.61. The number of aliphatic hydroxyl groups is 1. The Morgan fingerprint density at radius 3 is 2.12 bits per heavy atom. The zero-order valence-electron chi connectivity index (χ0n) is 11.7. The molecule has 0 spiro atoms. The molecule has 1 saturated carbocycles. The van der Waals surface area contributed by atoms with E-state index in [0.29, 0.717) is 11.3 Å². The van der Waals surface area contributed by atoms with Gasteiger partial charge >= 0.3 is 0 Å². The van der Waals surface area contributed by atoms with E-state index in [9.17, 15) is 5.11 Å². The molecule has 1 fully saturated rings. The number of hydrogen-bond donors (Lipinski definition) is 1. The summed E-state index contributed by atoms with van der Waals surface area (Å²) < 4.78 is 0. The van der Waals surface area contributed by atoms with Crippen LogP contribution in [0.3, 0.4) is 0 Å². The summed E-state index contributed by atoms with van der Waals surface area (Å²) in [5, 5.41) is 19.2. The van der Waals surface area contributed by atoms with Gasteiger partial charge in [-0.25, -0.2) is 0 Å². The lowest BCUT2D eigenvalue weighted by Crippen LogP contribution is -2.34. The molecule has 1 rings (SSSR count). The van der Waals surface area contributed by atoms with Crippen LogP contribution < -0.4 is 0 Å². The lowest BCUT2D eigenvalue weighted by Gasteiger charge is -2.39. The molecule has 0 heterocycles. The predicted molar refractivity (Wildman–Crippen MR) is 70.3 cm³/mol. The van der Waals surface area contributed by atoms with Gasteiger partial charge in [-0.1, -0.05) is 27.7 Å². The van der Waals surface area contributed by atoms with Crippen molar-refractivity contribution in [2.24, 2.45) is 23.2 Å². The number of aliphatic hydroxyl groups excluding tert-OH is 1. The highest BCUT2D eigenvalue weighted by atomic mass is 16.3. The Hall–Kier alpha value is -0.550. The maximum Gasteiger partial charge on any atom is 0.0726 e. The van der Waals surface area contributed by atoms with Crippen molar-refractivity contribution in [2.45, 2.75) is 65.9 Å². The van der Waals surface area contributed by atoms with E-state index in [1.165, 1.54) is 12.8 Å². The topological polar surface area (TPSA) is 44.0 Å². The third kappa shape index (κ3) is 3.71. The molecule has 1 aliphatic carbocycles. The summed E-state index contributed by atoms with van der Waals surface area (Å²) in [5.74, 6) is 0.942. The lowest BCUT2D eigenvalue weighted by molar-refractivity contribution is 0.0285. The average Bonchev–Trinajstić information content (AvgIpc) is 2.29. The summed E-state index contributed by atoms with van der Waals surface area (Å²) >= 11 is 0. The van der Waals surface area contributed by atoms with Gasteiger partial charge in [0.25, 0.3) is 0 Å². The van der Waals surface area contributed by atoms with Gasteiger partial charge in [0.1, 0.15) is 0 Å².